The summed E-state index contributed by atoms with van der Waals surface area (Å²) in [7, 11) is 0. The Morgan fingerprint density at radius 1 is 0.840 bits per heavy atom. The van der Waals surface area contributed by atoms with Crippen molar-refractivity contribution < 1.29 is 4.79 Å². The summed E-state index contributed by atoms with van der Waals surface area (Å²) in [6.07, 6.45) is 1.68. The van der Waals surface area contributed by atoms with Crippen LogP contribution in [0.2, 0.25) is 0 Å². The van der Waals surface area contributed by atoms with E-state index in [1.54, 1.807) is 17.5 Å². The molecule has 0 amide bonds. The lowest BCUT2D eigenvalue weighted by atomic mass is 10.0. The Kier molecular flexibility index (Phi) is 3.15. The molecule has 0 N–H and O–H groups in total. The molecule has 0 spiro atoms. The molecule has 0 radical (unpaired) electrons. The average molecular weight is 339 g/mol. The minimum absolute atomic E-state index is 0.0235. The molecule has 0 atom stereocenters. The van der Waals surface area contributed by atoms with Gasteiger partial charge in [0.05, 0.1) is 5.52 Å². The van der Waals surface area contributed by atoms with Crippen LogP contribution in [0.3, 0.4) is 0 Å². The smallest absolute Gasteiger partial charge is 0.196 e. The molecule has 3 aromatic carbocycles. The molecule has 5 aromatic rings. The second-order valence-corrected chi connectivity index (χ2v) is 7.08. The van der Waals surface area contributed by atoms with E-state index in [4.69, 9.17) is 0 Å². The van der Waals surface area contributed by atoms with Crippen molar-refractivity contribution in [1.29, 1.82) is 0 Å². The van der Waals surface area contributed by atoms with Gasteiger partial charge in [0.25, 0.3) is 0 Å². The number of thiophene rings is 1. The van der Waals surface area contributed by atoms with Crippen LogP contribution in [0.4, 0.5) is 0 Å². The van der Waals surface area contributed by atoms with Crippen molar-refractivity contribution in [2.75, 3.05) is 0 Å². The van der Waals surface area contributed by atoms with Crippen LogP contribution in [0.25, 0.3) is 31.1 Å². The van der Waals surface area contributed by atoms with E-state index < -0.39 is 0 Å². The van der Waals surface area contributed by atoms with Crippen molar-refractivity contribution in [3.05, 3.63) is 90.1 Å². The summed E-state index contributed by atoms with van der Waals surface area (Å²) < 4.78 is 2.25. The first-order valence-corrected chi connectivity index (χ1v) is 8.93. The van der Waals surface area contributed by atoms with E-state index in [9.17, 15) is 4.79 Å². The number of rotatable bonds is 2. The SMILES string of the molecule is O=C(c1cnc2ccccc2c1)c1cccc2c1sc1ccccc12. The number of fused-ring (bicyclic) bond motifs is 4. The number of para-hydroxylation sites is 1. The van der Waals surface area contributed by atoms with E-state index in [0.717, 1.165) is 26.6 Å². The number of ketones is 1. The molecule has 3 heteroatoms. The molecule has 25 heavy (non-hydrogen) atoms. The van der Waals surface area contributed by atoms with Gasteiger partial charge in [-0.25, -0.2) is 0 Å². The highest BCUT2D eigenvalue weighted by molar-refractivity contribution is 7.26. The standard InChI is InChI=1S/C22H13NOS/c24-21(15-12-14-6-1-3-10-19(14)23-13-15)18-9-5-8-17-16-7-2-4-11-20(16)25-22(17)18/h1-13H. The van der Waals surface area contributed by atoms with Crippen molar-refractivity contribution in [2.45, 2.75) is 0 Å². The summed E-state index contributed by atoms with van der Waals surface area (Å²) in [6, 6.07) is 24.0. The van der Waals surface area contributed by atoms with E-state index in [2.05, 4.69) is 23.2 Å². The molecule has 2 heterocycles. The molecule has 0 fully saturated rings. The fourth-order valence-corrected chi connectivity index (χ4v) is 4.49. The second-order valence-electron chi connectivity index (χ2n) is 6.03. The average Bonchev–Trinajstić information content (AvgIpc) is 3.06. The summed E-state index contributed by atoms with van der Waals surface area (Å²) in [5.41, 5.74) is 2.28. The first-order valence-electron chi connectivity index (χ1n) is 8.11. The predicted octanol–water partition coefficient (Wildman–Crippen LogP) is 5.83. The maximum atomic E-state index is 13.1. The Hall–Kier alpha value is -3.04. The molecule has 0 unspecified atom stereocenters. The number of pyridine rings is 1. The summed E-state index contributed by atoms with van der Waals surface area (Å²) in [6.45, 7) is 0. The van der Waals surface area contributed by atoms with Gasteiger partial charge in [-0.1, -0.05) is 48.5 Å². The molecule has 2 nitrogen and oxygen atoms in total. The van der Waals surface area contributed by atoms with Crippen LogP contribution in [-0.2, 0) is 0 Å². The largest absolute Gasteiger partial charge is 0.288 e. The third kappa shape index (κ3) is 2.24. The number of carbonyl (C=O) groups excluding carboxylic acids is 1. The highest BCUT2D eigenvalue weighted by atomic mass is 32.1. The molecular formula is C22H13NOS. The number of hydrogen-bond acceptors (Lipinski definition) is 3. The Morgan fingerprint density at radius 3 is 2.60 bits per heavy atom. The van der Waals surface area contributed by atoms with Gasteiger partial charge in [-0.2, -0.15) is 0 Å². The predicted molar refractivity (Wildman–Crippen MR) is 105 cm³/mol. The lowest BCUT2D eigenvalue weighted by molar-refractivity contribution is 0.104. The van der Waals surface area contributed by atoms with Crippen LogP contribution in [-0.4, -0.2) is 10.8 Å². The van der Waals surface area contributed by atoms with Gasteiger partial charge in [0.1, 0.15) is 0 Å². The maximum absolute atomic E-state index is 13.1. The van der Waals surface area contributed by atoms with Gasteiger partial charge in [-0.3, -0.25) is 9.78 Å². The van der Waals surface area contributed by atoms with Crippen molar-refractivity contribution in [3.8, 4) is 0 Å². The zero-order valence-corrected chi connectivity index (χ0v) is 14.1. The lowest BCUT2D eigenvalue weighted by Crippen LogP contribution is -2.02. The minimum Gasteiger partial charge on any atom is -0.288 e. The van der Waals surface area contributed by atoms with E-state index in [1.165, 1.54) is 10.1 Å². The number of aromatic nitrogens is 1. The minimum atomic E-state index is 0.0235. The van der Waals surface area contributed by atoms with Gasteiger partial charge in [0.15, 0.2) is 5.78 Å². The molecular weight excluding hydrogens is 326 g/mol. The van der Waals surface area contributed by atoms with E-state index in [-0.39, 0.29) is 5.78 Å². The Morgan fingerprint density at radius 2 is 1.64 bits per heavy atom. The summed E-state index contributed by atoms with van der Waals surface area (Å²) in [4.78, 5) is 17.6. The molecule has 0 bridgehead atoms. The van der Waals surface area contributed by atoms with E-state index in [1.807, 2.05) is 54.6 Å². The quantitative estimate of drug-likeness (QED) is 0.379. The van der Waals surface area contributed by atoms with Crippen LogP contribution in [0, 0.1) is 0 Å². The van der Waals surface area contributed by atoms with Gasteiger partial charge in [-0.05, 0) is 24.3 Å². The highest BCUT2D eigenvalue weighted by Crippen LogP contribution is 2.36. The van der Waals surface area contributed by atoms with Crippen LogP contribution < -0.4 is 0 Å². The van der Waals surface area contributed by atoms with Gasteiger partial charge in [-0.15, -0.1) is 11.3 Å². The molecule has 5 rings (SSSR count). The van der Waals surface area contributed by atoms with Crippen molar-refractivity contribution in [2.24, 2.45) is 0 Å². The number of nitrogens with zero attached hydrogens (tertiary/aromatic N) is 1. The van der Waals surface area contributed by atoms with Gasteiger partial charge < -0.3 is 0 Å². The van der Waals surface area contributed by atoms with Crippen molar-refractivity contribution >= 4 is 48.2 Å². The number of benzene rings is 3. The van der Waals surface area contributed by atoms with E-state index in [0.29, 0.717) is 5.56 Å². The van der Waals surface area contributed by atoms with Gasteiger partial charge in [0.2, 0.25) is 0 Å². The van der Waals surface area contributed by atoms with Crippen LogP contribution >= 0.6 is 11.3 Å². The first-order chi connectivity index (χ1) is 12.3. The highest BCUT2D eigenvalue weighted by Gasteiger charge is 2.16. The third-order valence-electron chi connectivity index (χ3n) is 4.50. The molecule has 0 saturated heterocycles. The first kappa shape index (κ1) is 14.3. The molecule has 118 valence electrons. The normalized spacial score (nSPS) is 11.4. The molecule has 0 aliphatic carbocycles. The van der Waals surface area contributed by atoms with Crippen LogP contribution in [0.15, 0.2) is 79.0 Å². The van der Waals surface area contributed by atoms with Crippen LogP contribution in [0.5, 0.6) is 0 Å². The van der Waals surface area contributed by atoms with Crippen molar-refractivity contribution in [1.82, 2.24) is 4.98 Å². The van der Waals surface area contributed by atoms with Gasteiger partial charge in [0, 0.05) is 42.9 Å². The zero-order chi connectivity index (χ0) is 16.8. The monoisotopic (exact) mass is 339 g/mol. The van der Waals surface area contributed by atoms with Crippen molar-refractivity contribution in [3.63, 3.8) is 0 Å². The Labute approximate surface area is 148 Å². The molecule has 0 aliphatic heterocycles. The number of carbonyl (C=O) groups is 1. The fourth-order valence-electron chi connectivity index (χ4n) is 3.28. The molecule has 0 aliphatic rings. The summed E-state index contributed by atoms with van der Waals surface area (Å²) in [5.74, 6) is 0.0235. The van der Waals surface area contributed by atoms with E-state index >= 15 is 0 Å². The van der Waals surface area contributed by atoms with Crippen LogP contribution in [0.1, 0.15) is 15.9 Å². The summed E-state index contributed by atoms with van der Waals surface area (Å²) >= 11 is 1.67. The second kappa shape index (κ2) is 5.50. The molecule has 2 aromatic heterocycles. The number of hydrogen-bond donors (Lipinski definition) is 0. The Bertz CT molecular complexity index is 1270. The molecule has 0 saturated carbocycles. The fraction of sp³-hybridized carbons (Fsp3) is 0. The topological polar surface area (TPSA) is 30.0 Å². The zero-order valence-electron chi connectivity index (χ0n) is 13.3. The lowest BCUT2D eigenvalue weighted by Gasteiger charge is -2.04. The third-order valence-corrected chi connectivity index (χ3v) is 5.72. The maximum Gasteiger partial charge on any atom is 0.196 e. The Balaban J connectivity index is 1.72. The van der Waals surface area contributed by atoms with Gasteiger partial charge >= 0.3 is 0 Å². The summed E-state index contributed by atoms with van der Waals surface area (Å²) in [5, 5.41) is 3.32.